The number of aliphatic hydroxyl groups excluding tert-OH is 1. The van der Waals surface area contributed by atoms with Crippen LogP contribution in [0.4, 0.5) is 0 Å². The molecule has 1 fully saturated rings. The van der Waals surface area contributed by atoms with Crippen LogP contribution in [-0.4, -0.2) is 45.8 Å². The SMILES string of the molecule is COc1ccc([C@@H]2[C@@H](O)CNC[C@H]2O[Si](C(C)C)(C(C)C)C(C)C)cc1. The van der Waals surface area contributed by atoms with Crippen molar-refractivity contribution in [2.75, 3.05) is 20.2 Å². The summed E-state index contributed by atoms with van der Waals surface area (Å²) in [5, 5.41) is 14.1. The number of benzene rings is 1. The molecule has 2 rings (SSSR count). The summed E-state index contributed by atoms with van der Waals surface area (Å²) in [5.41, 5.74) is 2.71. The zero-order valence-electron chi connectivity index (χ0n) is 17.5. The van der Waals surface area contributed by atoms with Crippen molar-refractivity contribution in [3.63, 3.8) is 0 Å². The van der Waals surface area contributed by atoms with Gasteiger partial charge in [-0.05, 0) is 34.3 Å². The molecule has 0 spiro atoms. The standard InChI is InChI=1S/C21H37NO3Si/c1-14(2)26(15(3)4,16(5)6)25-20-13-22-12-19(23)21(20)17-8-10-18(24-7)11-9-17/h8-11,14-16,19-23H,12-13H2,1-7H3/t19-,20+,21+/m0/s1. The molecule has 0 aromatic heterocycles. The van der Waals surface area contributed by atoms with E-state index >= 15 is 0 Å². The van der Waals surface area contributed by atoms with Crippen LogP contribution in [0.3, 0.4) is 0 Å². The lowest BCUT2D eigenvalue weighted by Gasteiger charge is -2.48. The van der Waals surface area contributed by atoms with E-state index in [4.69, 9.17) is 9.16 Å². The highest BCUT2D eigenvalue weighted by molar-refractivity contribution is 6.77. The van der Waals surface area contributed by atoms with E-state index in [-0.39, 0.29) is 12.0 Å². The van der Waals surface area contributed by atoms with Crippen LogP contribution in [0.2, 0.25) is 16.6 Å². The van der Waals surface area contributed by atoms with Gasteiger partial charge >= 0.3 is 0 Å². The third-order valence-corrected chi connectivity index (χ3v) is 12.2. The van der Waals surface area contributed by atoms with E-state index in [1.165, 1.54) is 0 Å². The first-order valence-corrected chi connectivity index (χ1v) is 12.1. The minimum Gasteiger partial charge on any atom is -0.497 e. The molecule has 1 heterocycles. The van der Waals surface area contributed by atoms with Crippen molar-refractivity contribution >= 4 is 8.32 Å². The molecule has 0 bridgehead atoms. The second kappa shape index (κ2) is 8.87. The number of piperidine rings is 1. The number of aliphatic hydroxyl groups is 1. The lowest BCUT2D eigenvalue weighted by molar-refractivity contribution is 0.0303. The van der Waals surface area contributed by atoms with Crippen LogP contribution in [0.15, 0.2) is 24.3 Å². The fourth-order valence-electron chi connectivity index (χ4n) is 4.92. The summed E-state index contributed by atoms with van der Waals surface area (Å²) in [6.07, 6.45) is -0.452. The Balaban J connectivity index is 2.36. The van der Waals surface area contributed by atoms with Gasteiger partial charge in [-0.25, -0.2) is 0 Å². The molecule has 2 N–H and O–H groups in total. The molecule has 1 aliphatic rings. The van der Waals surface area contributed by atoms with Crippen molar-refractivity contribution in [3.05, 3.63) is 29.8 Å². The molecule has 4 nitrogen and oxygen atoms in total. The van der Waals surface area contributed by atoms with Crippen LogP contribution in [0.1, 0.15) is 53.0 Å². The van der Waals surface area contributed by atoms with Gasteiger partial charge in [0, 0.05) is 19.0 Å². The lowest BCUT2D eigenvalue weighted by atomic mass is 9.85. The van der Waals surface area contributed by atoms with E-state index in [1.807, 2.05) is 12.1 Å². The molecule has 1 aromatic rings. The molecule has 0 unspecified atom stereocenters. The van der Waals surface area contributed by atoms with Crippen LogP contribution in [0.25, 0.3) is 0 Å². The molecule has 26 heavy (non-hydrogen) atoms. The monoisotopic (exact) mass is 379 g/mol. The molecule has 0 radical (unpaired) electrons. The summed E-state index contributed by atoms with van der Waals surface area (Å²) >= 11 is 0. The van der Waals surface area contributed by atoms with Crippen molar-refractivity contribution in [1.82, 2.24) is 5.32 Å². The highest BCUT2D eigenvalue weighted by Gasteiger charge is 2.49. The zero-order valence-corrected chi connectivity index (χ0v) is 18.5. The number of β-amino-alcohol motifs (C(OH)–C–C–N with tert-alkyl or cyclic N) is 1. The molecule has 0 saturated carbocycles. The van der Waals surface area contributed by atoms with E-state index in [1.54, 1.807) is 7.11 Å². The summed E-state index contributed by atoms with van der Waals surface area (Å²) in [6.45, 7) is 15.2. The summed E-state index contributed by atoms with van der Waals surface area (Å²) in [6, 6.07) is 8.08. The molecule has 0 amide bonds. The largest absolute Gasteiger partial charge is 0.497 e. The van der Waals surface area contributed by atoms with E-state index in [2.05, 4.69) is 59.0 Å². The third kappa shape index (κ3) is 4.16. The van der Waals surface area contributed by atoms with E-state index in [0.717, 1.165) is 17.9 Å². The minimum absolute atomic E-state index is 0.00832. The van der Waals surface area contributed by atoms with Crippen LogP contribution in [-0.2, 0) is 4.43 Å². The molecular formula is C21H37NO3Si. The summed E-state index contributed by atoms with van der Waals surface area (Å²) in [4.78, 5) is 0. The predicted octanol–water partition coefficient (Wildman–Crippen LogP) is 4.30. The Hall–Kier alpha value is -0.883. The topological polar surface area (TPSA) is 50.7 Å². The van der Waals surface area contributed by atoms with Gasteiger partial charge in [-0.15, -0.1) is 0 Å². The van der Waals surface area contributed by atoms with Gasteiger partial charge in [-0.3, -0.25) is 0 Å². The fourth-order valence-corrected chi connectivity index (χ4v) is 10.5. The number of nitrogens with one attached hydrogen (secondary N) is 1. The molecular weight excluding hydrogens is 342 g/mol. The Morgan fingerprint density at radius 2 is 1.50 bits per heavy atom. The van der Waals surface area contributed by atoms with Crippen LogP contribution >= 0.6 is 0 Å². The second-order valence-corrected chi connectivity index (χ2v) is 13.9. The molecule has 1 saturated heterocycles. The van der Waals surface area contributed by atoms with Gasteiger partial charge in [-0.1, -0.05) is 53.7 Å². The normalized spacial score (nSPS) is 24.5. The Bertz CT molecular complexity index is 537. The Kier molecular flexibility index (Phi) is 7.31. The Labute approximate surface area is 160 Å². The van der Waals surface area contributed by atoms with E-state index in [0.29, 0.717) is 23.2 Å². The summed E-state index contributed by atoms with van der Waals surface area (Å²) < 4.78 is 12.3. The molecule has 5 heteroatoms. The first kappa shape index (κ1) is 21.4. The van der Waals surface area contributed by atoms with Crippen molar-refractivity contribution in [3.8, 4) is 5.75 Å². The van der Waals surface area contributed by atoms with E-state index < -0.39 is 14.4 Å². The molecule has 1 aliphatic heterocycles. The molecule has 0 aliphatic carbocycles. The first-order valence-electron chi connectivity index (χ1n) is 9.94. The van der Waals surface area contributed by atoms with E-state index in [9.17, 15) is 5.11 Å². The van der Waals surface area contributed by atoms with Gasteiger partial charge in [0.1, 0.15) is 5.75 Å². The van der Waals surface area contributed by atoms with Gasteiger partial charge < -0.3 is 19.6 Å². The average Bonchev–Trinajstić information content (AvgIpc) is 2.59. The zero-order chi connectivity index (χ0) is 19.5. The van der Waals surface area contributed by atoms with Crippen molar-refractivity contribution < 1.29 is 14.3 Å². The van der Waals surface area contributed by atoms with Crippen molar-refractivity contribution in [2.45, 2.75) is 76.3 Å². The number of ether oxygens (including phenoxy) is 1. The second-order valence-electron chi connectivity index (χ2n) is 8.50. The lowest BCUT2D eigenvalue weighted by Crippen LogP contribution is -2.57. The van der Waals surface area contributed by atoms with Crippen LogP contribution < -0.4 is 10.1 Å². The van der Waals surface area contributed by atoms with Crippen molar-refractivity contribution in [2.24, 2.45) is 0 Å². The predicted molar refractivity (Wildman–Crippen MR) is 111 cm³/mol. The minimum atomic E-state index is -2.01. The highest BCUT2D eigenvalue weighted by atomic mass is 28.4. The first-order chi connectivity index (χ1) is 12.2. The molecule has 1 aromatic carbocycles. The maximum atomic E-state index is 10.8. The van der Waals surface area contributed by atoms with Crippen molar-refractivity contribution in [1.29, 1.82) is 0 Å². The molecule has 3 atom stereocenters. The quantitative estimate of drug-likeness (QED) is 0.693. The van der Waals surface area contributed by atoms with Gasteiger partial charge in [0.25, 0.3) is 0 Å². The Morgan fingerprint density at radius 1 is 0.962 bits per heavy atom. The highest BCUT2D eigenvalue weighted by Crippen LogP contribution is 2.45. The Morgan fingerprint density at radius 3 is 1.96 bits per heavy atom. The van der Waals surface area contributed by atoms with Gasteiger partial charge in [0.15, 0.2) is 0 Å². The maximum absolute atomic E-state index is 10.8. The summed E-state index contributed by atoms with van der Waals surface area (Å²) in [7, 11) is -0.338. The number of rotatable bonds is 7. The fraction of sp³-hybridized carbons (Fsp3) is 0.714. The van der Waals surface area contributed by atoms with Crippen LogP contribution in [0, 0.1) is 0 Å². The number of methoxy groups -OCH3 is 1. The third-order valence-electron chi connectivity index (χ3n) is 6.08. The summed E-state index contributed by atoms with van der Waals surface area (Å²) in [5.74, 6) is 0.829. The van der Waals surface area contributed by atoms with Gasteiger partial charge in [0.05, 0.1) is 19.3 Å². The number of hydrogen-bond acceptors (Lipinski definition) is 4. The van der Waals surface area contributed by atoms with Crippen LogP contribution in [0.5, 0.6) is 5.75 Å². The average molecular weight is 380 g/mol. The van der Waals surface area contributed by atoms with Gasteiger partial charge in [-0.2, -0.15) is 0 Å². The smallest absolute Gasteiger partial charge is 0.200 e. The van der Waals surface area contributed by atoms with Gasteiger partial charge in [0.2, 0.25) is 8.32 Å². The molecule has 148 valence electrons. The maximum Gasteiger partial charge on any atom is 0.200 e. The number of hydrogen-bond donors (Lipinski definition) is 2.